The highest BCUT2D eigenvalue weighted by molar-refractivity contribution is 5.90. The van der Waals surface area contributed by atoms with Gasteiger partial charge in [0.25, 0.3) is 0 Å². The third-order valence-electron chi connectivity index (χ3n) is 6.32. The van der Waals surface area contributed by atoms with Crippen molar-refractivity contribution in [2.75, 3.05) is 30.9 Å². The van der Waals surface area contributed by atoms with Crippen molar-refractivity contribution in [3.05, 3.63) is 59.4 Å². The minimum Gasteiger partial charge on any atom is -0.362 e. The molecule has 0 bridgehead atoms. The zero-order valence-electron chi connectivity index (χ0n) is 18.7. The first-order valence-corrected chi connectivity index (χ1v) is 11.2. The van der Waals surface area contributed by atoms with Crippen molar-refractivity contribution >= 4 is 22.7 Å². The minimum absolute atomic E-state index is 0. The van der Waals surface area contributed by atoms with Crippen LogP contribution in [0.3, 0.4) is 0 Å². The second-order valence-electron chi connectivity index (χ2n) is 8.80. The van der Waals surface area contributed by atoms with Crippen LogP contribution in [-0.2, 0) is 6.54 Å². The number of hydrogen-bond acceptors (Lipinski definition) is 5. The fourth-order valence-electron chi connectivity index (χ4n) is 4.41. The van der Waals surface area contributed by atoms with Crippen molar-refractivity contribution in [1.29, 1.82) is 0 Å². The van der Waals surface area contributed by atoms with Gasteiger partial charge in [-0.2, -0.15) is 4.98 Å². The summed E-state index contributed by atoms with van der Waals surface area (Å²) in [5.41, 5.74) is 2.75. The Bertz CT molecular complexity index is 1030. The third-order valence-corrected chi connectivity index (χ3v) is 6.32. The Labute approximate surface area is 191 Å². The molecule has 0 spiro atoms. The van der Waals surface area contributed by atoms with Crippen LogP contribution < -0.4 is 15.5 Å². The number of hydrogen-bond donors (Lipinski definition) is 2. The smallest absolute Gasteiger partial charge is 0.225 e. The molecular formula is C26H36FN5. The summed E-state index contributed by atoms with van der Waals surface area (Å²) < 4.78 is 13.7. The summed E-state index contributed by atoms with van der Waals surface area (Å²) in [6.07, 6.45) is 4.56. The number of benzene rings is 2. The molecule has 0 radical (unpaired) electrons. The van der Waals surface area contributed by atoms with Crippen LogP contribution in [0, 0.1) is 18.7 Å². The molecule has 1 aliphatic rings. The van der Waals surface area contributed by atoms with Gasteiger partial charge in [0.1, 0.15) is 11.6 Å². The molecule has 2 aromatic carbocycles. The first kappa shape index (κ1) is 23.9. The number of aromatic nitrogens is 2. The van der Waals surface area contributed by atoms with Gasteiger partial charge in [0.05, 0.1) is 5.52 Å². The summed E-state index contributed by atoms with van der Waals surface area (Å²) in [5.74, 6) is 2.19. The number of nitrogens with one attached hydrogen (secondary N) is 2. The van der Waals surface area contributed by atoms with Crippen LogP contribution >= 0.6 is 0 Å². The standard InChI is InChI=1S/C25H32FN5.CH4/c1-17-19(7-6-9-22(17)26)16-27-15-18-11-13-20(14-12-18)28-25-29-23-10-5-4-8-21(23)24(30-25)31(2)3;/h4-10,18,20,27H,11-16H2,1-3H3,(H,28,29,30);1H4. The monoisotopic (exact) mass is 437 g/mol. The maximum atomic E-state index is 13.7. The Morgan fingerprint density at radius 1 is 1.00 bits per heavy atom. The number of halogens is 1. The molecule has 0 atom stereocenters. The van der Waals surface area contributed by atoms with Crippen molar-refractivity contribution in [3.8, 4) is 0 Å². The third kappa shape index (κ3) is 5.54. The summed E-state index contributed by atoms with van der Waals surface area (Å²) in [6, 6.07) is 13.9. The molecule has 1 fully saturated rings. The first-order valence-electron chi connectivity index (χ1n) is 11.2. The van der Waals surface area contributed by atoms with Crippen molar-refractivity contribution in [2.24, 2.45) is 5.92 Å². The summed E-state index contributed by atoms with van der Waals surface area (Å²) in [7, 11) is 4.03. The van der Waals surface area contributed by atoms with Gasteiger partial charge in [-0.05, 0) is 74.4 Å². The Hall–Kier alpha value is -2.73. The van der Waals surface area contributed by atoms with E-state index in [4.69, 9.17) is 9.97 Å². The lowest BCUT2D eigenvalue weighted by molar-refractivity contribution is 0.323. The molecule has 5 nitrogen and oxygen atoms in total. The molecule has 4 rings (SSSR count). The number of rotatable bonds is 7. The van der Waals surface area contributed by atoms with Crippen molar-refractivity contribution in [2.45, 2.75) is 52.6 Å². The highest BCUT2D eigenvalue weighted by Gasteiger charge is 2.22. The van der Waals surface area contributed by atoms with Gasteiger partial charge in [-0.15, -0.1) is 0 Å². The minimum atomic E-state index is -0.126. The molecule has 1 aromatic heterocycles. The zero-order valence-corrected chi connectivity index (χ0v) is 18.7. The second kappa shape index (κ2) is 10.7. The van der Waals surface area contributed by atoms with Crippen molar-refractivity contribution in [3.63, 3.8) is 0 Å². The number of anilines is 2. The summed E-state index contributed by atoms with van der Waals surface area (Å²) >= 11 is 0. The molecule has 1 heterocycles. The lowest BCUT2D eigenvalue weighted by Gasteiger charge is -2.29. The zero-order chi connectivity index (χ0) is 21.8. The molecule has 0 saturated heterocycles. The van der Waals surface area contributed by atoms with Crippen molar-refractivity contribution in [1.82, 2.24) is 15.3 Å². The first-order chi connectivity index (χ1) is 15.0. The van der Waals surface area contributed by atoms with Gasteiger partial charge in [-0.1, -0.05) is 31.7 Å². The summed E-state index contributed by atoms with van der Waals surface area (Å²) in [5, 5.41) is 8.17. The molecule has 32 heavy (non-hydrogen) atoms. The van der Waals surface area contributed by atoms with E-state index in [9.17, 15) is 4.39 Å². The predicted molar refractivity (Wildman–Crippen MR) is 133 cm³/mol. The quantitative estimate of drug-likeness (QED) is 0.508. The van der Waals surface area contributed by atoms with E-state index in [2.05, 4.69) is 16.7 Å². The maximum absolute atomic E-state index is 13.7. The molecule has 2 N–H and O–H groups in total. The van der Waals surface area contributed by atoms with E-state index in [1.807, 2.05) is 50.2 Å². The molecule has 3 aromatic rings. The van der Waals surface area contributed by atoms with E-state index in [0.29, 0.717) is 17.9 Å². The van der Waals surface area contributed by atoms with Crippen LogP contribution in [-0.4, -0.2) is 36.6 Å². The summed E-state index contributed by atoms with van der Waals surface area (Å²) in [6.45, 7) is 3.54. The van der Waals surface area contributed by atoms with Crippen LogP contribution in [0.2, 0.25) is 0 Å². The topological polar surface area (TPSA) is 53.1 Å². The van der Waals surface area contributed by atoms with Gasteiger partial charge in [-0.25, -0.2) is 9.37 Å². The molecule has 6 heteroatoms. The van der Waals surface area contributed by atoms with Crippen LogP contribution in [0.1, 0.15) is 44.2 Å². The van der Waals surface area contributed by atoms with E-state index in [1.165, 1.54) is 18.9 Å². The van der Waals surface area contributed by atoms with Gasteiger partial charge in [0.2, 0.25) is 5.95 Å². The second-order valence-corrected chi connectivity index (χ2v) is 8.80. The Morgan fingerprint density at radius 2 is 1.75 bits per heavy atom. The van der Waals surface area contributed by atoms with E-state index >= 15 is 0 Å². The number of para-hydroxylation sites is 1. The van der Waals surface area contributed by atoms with Crippen LogP contribution in [0.15, 0.2) is 42.5 Å². The molecule has 0 amide bonds. The fraction of sp³-hybridized carbons (Fsp3) is 0.462. The molecular weight excluding hydrogens is 401 g/mol. The lowest BCUT2D eigenvalue weighted by Crippen LogP contribution is -2.31. The van der Waals surface area contributed by atoms with E-state index in [1.54, 1.807) is 6.07 Å². The van der Waals surface area contributed by atoms with Gasteiger partial charge >= 0.3 is 0 Å². The average molecular weight is 438 g/mol. The molecule has 0 aliphatic heterocycles. The fourth-order valence-corrected chi connectivity index (χ4v) is 4.41. The normalized spacial score (nSPS) is 18.2. The number of fused-ring (bicyclic) bond motifs is 1. The van der Waals surface area contributed by atoms with Gasteiger partial charge < -0.3 is 15.5 Å². The van der Waals surface area contributed by atoms with Crippen LogP contribution in [0.5, 0.6) is 0 Å². The summed E-state index contributed by atoms with van der Waals surface area (Å²) in [4.78, 5) is 11.6. The van der Waals surface area contributed by atoms with Gasteiger partial charge in [-0.3, -0.25) is 0 Å². The van der Waals surface area contributed by atoms with E-state index in [-0.39, 0.29) is 13.2 Å². The average Bonchev–Trinajstić information content (AvgIpc) is 2.77. The van der Waals surface area contributed by atoms with Gasteiger partial charge in [0, 0.05) is 32.1 Å². The van der Waals surface area contributed by atoms with E-state index < -0.39 is 0 Å². The maximum Gasteiger partial charge on any atom is 0.225 e. The number of nitrogens with zero attached hydrogens (tertiary/aromatic N) is 3. The largest absolute Gasteiger partial charge is 0.362 e. The van der Waals surface area contributed by atoms with Crippen LogP contribution in [0.4, 0.5) is 16.2 Å². The van der Waals surface area contributed by atoms with Gasteiger partial charge in [0.15, 0.2) is 0 Å². The van der Waals surface area contributed by atoms with Crippen molar-refractivity contribution < 1.29 is 4.39 Å². The molecule has 1 aliphatic carbocycles. The Balaban J connectivity index is 0.00000289. The SMILES string of the molecule is C.Cc1c(F)cccc1CNCC1CCC(Nc2nc(N(C)C)c3ccccc3n2)CC1. The predicted octanol–water partition coefficient (Wildman–Crippen LogP) is 5.54. The Morgan fingerprint density at radius 3 is 2.50 bits per heavy atom. The Kier molecular flexibility index (Phi) is 8.02. The van der Waals surface area contributed by atoms with E-state index in [0.717, 1.165) is 53.8 Å². The molecule has 0 unspecified atom stereocenters. The lowest BCUT2D eigenvalue weighted by atomic mass is 9.86. The highest BCUT2D eigenvalue weighted by atomic mass is 19.1. The molecule has 1 saturated carbocycles. The molecule has 172 valence electrons. The van der Waals surface area contributed by atoms with Crippen LogP contribution in [0.25, 0.3) is 10.9 Å². The highest BCUT2D eigenvalue weighted by Crippen LogP contribution is 2.28.